The Morgan fingerprint density at radius 2 is 2.33 bits per heavy atom. The Labute approximate surface area is 127 Å². The molecule has 2 amide bonds. The van der Waals surface area contributed by atoms with Crippen LogP contribution in [0.1, 0.15) is 20.1 Å². The zero-order valence-electron chi connectivity index (χ0n) is 12.1. The highest BCUT2D eigenvalue weighted by Gasteiger charge is 2.29. The largest absolute Gasteiger partial charge is 0.378 e. The van der Waals surface area contributed by atoms with Gasteiger partial charge in [-0.3, -0.25) is 19.9 Å². The number of carbonyl (C=O) groups is 2. The van der Waals surface area contributed by atoms with Crippen LogP contribution in [-0.4, -0.2) is 49.6 Å². The van der Waals surface area contributed by atoms with Crippen molar-refractivity contribution < 1.29 is 14.3 Å². The predicted molar refractivity (Wildman–Crippen MR) is 79.8 cm³/mol. The molecule has 1 saturated heterocycles. The maximum atomic E-state index is 11.9. The molecule has 0 aromatic carbocycles. The van der Waals surface area contributed by atoms with Gasteiger partial charge >= 0.3 is 0 Å². The predicted octanol–water partition coefficient (Wildman–Crippen LogP) is -0.393. The Bertz CT molecular complexity index is 531. The average Bonchev–Trinajstić information content (AvgIpc) is 2.87. The third-order valence-electron chi connectivity index (χ3n) is 3.54. The SMILES string of the molecule is CNC(=O)C1COCCN1Cc1cc(C(=O)NN)sc1C. The van der Waals surface area contributed by atoms with Gasteiger partial charge in [0, 0.05) is 25.0 Å². The summed E-state index contributed by atoms with van der Waals surface area (Å²) in [5.74, 6) is 4.81. The number of carbonyl (C=O) groups excluding carboxylic acids is 2. The van der Waals surface area contributed by atoms with E-state index < -0.39 is 0 Å². The van der Waals surface area contributed by atoms with Crippen molar-refractivity contribution in [3.05, 3.63) is 21.4 Å². The summed E-state index contributed by atoms with van der Waals surface area (Å²) in [6.07, 6.45) is 0. The number of likely N-dealkylation sites (N-methyl/N-ethyl adjacent to an activating group) is 1. The summed E-state index contributed by atoms with van der Waals surface area (Å²) in [5.41, 5.74) is 3.17. The van der Waals surface area contributed by atoms with Crippen LogP contribution in [-0.2, 0) is 16.1 Å². The van der Waals surface area contributed by atoms with Crippen molar-refractivity contribution in [3.8, 4) is 0 Å². The Hall–Kier alpha value is -1.48. The molecule has 0 bridgehead atoms. The van der Waals surface area contributed by atoms with E-state index in [1.807, 2.05) is 13.0 Å². The van der Waals surface area contributed by atoms with E-state index in [-0.39, 0.29) is 17.9 Å². The molecule has 1 aliphatic heterocycles. The molecule has 0 radical (unpaired) electrons. The number of ether oxygens (including phenoxy) is 1. The van der Waals surface area contributed by atoms with E-state index in [4.69, 9.17) is 10.6 Å². The van der Waals surface area contributed by atoms with E-state index in [1.165, 1.54) is 11.3 Å². The Kier molecular flexibility index (Phi) is 5.29. The molecular weight excluding hydrogens is 292 g/mol. The fourth-order valence-electron chi connectivity index (χ4n) is 2.31. The zero-order chi connectivity index (χ0) is 15.4. The first-order valence-electron chi connectivity index (χ1n) is 6.70. The van der Waals surface area contributed by atoms with Gasteiger partial charge in [0.25, 0.3) is 5.91 Å². The van der Waals surface area contributed by atoms with E-state index in [0.29, 0.717) is 31.2 Å². The number of nitrogens with zero attached hydrogens (tertiary/aromatic N) is 1. The lowest BCUT2D eigenvalue weighted by atomic mass is 10.1. The average molecular weight is 312 g/mol. The number of amides is 2. The lowest BCUT2D eigenvalue weighted by molar-refractivity contribution is -0.132. The number of hydrogen-bond donors (Lipinski definition) is 3. The van der Waals surface area contributed by atoms with E-state index in [9.17, 15) is 9.59 Å². The topological polar surface area (TPSA) is 96.7 Å². The van der Waals surface area contributed by atoms with Crippen LogP contribution in [0.25, 0.3) is 0 Å². The number of aryl methyl sites for hydroxylation is 1. The zero-order valence-corrected chi connectivity index (χ0v) is 13.0. The minimum atomic E-state index is -0.296. The van der Waals surface area contributed by atoms with Crippen molar-refractivity contribution in [2.45, 2.75) is 19.5 Å². The van der Waals surface area contributed by atoms with Gasteiger partial charge in [0.1, 0.15) is 6.04 Å². The normalized spacial score (nSPS) is 19.3. The molecule has 2 rings (SSSR count). The number of thiophene rings is 1. The number of nitrogens with one attached hydrogen (secondary N) is 2. The molecule has 8 heteroatoms. The summed E-state index contributed by atoms with van der Waals surface area (Å²) in [7, 11) is 1.62. The number of nitrogen functional groups attached to an aromatic ring is 1. The molecule has 1 fully saturated rings. The minimum Gasteiger partial charge on any atom is -0.378 e. The second kappa shape index (κ2) is 6.99. The van der Waals surface area contributed by atoms with Crippen LogP contribution in [0, 0.1) is 6.92 Å². The van der Waals surface area contributed by atoms with Crippen LogP contribution < -0.4 is 16.6 Å². The van der Waals surface area contributed by atoms with Crippen molar-refractivity contribution >= 4 is 23.2 Å². The highest BCUT2D eigenvalue weighted by atomic mass is 32.1. The van der Waals surface area contributed by atoms with Crippen LogP contribution >= 0.6 is 11.3 Å². The van der Waals surface area contributed by atoms with Crippen LogP contribution in [0.3, 0.4) is 0 Å². The second-order valence-electron chi connectivity index (χ2n) is 4.84. The third kappa shape index (κ3) is 3.59. The molecular formula is C13H20N4O3S. The van der Waals surface area contributed by atoms with E-state index in [1.54, 1.807) is 7.05 Å². The van der Waals surface area contributed by atoms with Gasteiger partial charge in [-0.25, -0.2) is 5.84 Å². The Morgan fingerprint density at radius 1 is 1.57 bits per heavy atom. The van der Waals surface area contributed by atoms with Crippen molar-refractivity contribution in [1.82, 2.24) is 15.6 Å². The van der Waals surface area contributed by atoms with Crippen LogP contribution in [0.15, 0.2) is 6.07 Å². The number of hydrazine groups is 1. The molecule has 0 saturated carbocycles. The Morgan fingerprint density at radius 3 is 3.00 bits per heavy atom. The Balaban J connectivity index is 2.13. The van der Waals surface area contributed by atoms with Gasteiger partial charge in [-0.15, -0.1) is 11.3 Å². The standard InChI is InChI=1S/C13H20N4O3S/c1-8-9(5-11(21-8)13(19)16-14)6-17-3-4-20-7-10(17)12(18)15-2/h5,10H,3-4,6-7,14H2,1-2H3,(H,15,18)(H,16,19). The van der Waals surface area contributed by atoms with Crippen molar-refractivity contribution in [2.75, 3.05) is 26.8 Å². The van der Waals surface area contributed by atoms with Crippen molar-refractivity contribution in [3.63, 3.8) is 0 Å². The quantitative estimate of drug-likeness (QED) is 0.400. The molecule has 4 N–H and O–H groups in total. The maximum Gasteiger partial charge on any atom is 0.275 e. The van der Waals surface area contributed by atoms with Gasteiger partial charge in [-0.05, 0) is 18.6 Å². The van der Waals surface area contributed by atoms with Gasteiger partial charge in [-0.2, -0.15) is 0 Å². The van der Waals surface area contributed by atoms with Crippen LogP contribution in [0.5, 0.6) is 0 Å². The summed E-state index contributed by atoms with van der Waals surface area (Å²) in [5, 5.41) is 2.66. The van der Waals surface area contributed by atoms with Gasteiger partial charge in [0.15, 0.2) is 0 Å². The molecule has 2 heterocycles. The first kappa shape index (κ1) is 15.9. The van der Waals surface area contributed by atoms with E-state index in [0.717, 1.165) is 10.4 Å². The molecule has 1 unspecified atom stereocenters. The van der Waals surface area contributed by atoms with Gasteiger partial charge in [0.05, 0.1) is 18.1 Å². The number of rotatable bonds is 4. The molecule has 116 valence electrons. The summed E-state index contributed by atoms with van der Waals surface area (Å²) in [6, 6.07) is 1.54. The molecule has 1 aromatic heterocycles. The smallest absolute Gasteiger partial charge is 0.275 e. The summed E-state index contributed by atoms with van der Waals surface area (Å²) < 4.78 is 5.38. The van der Waals surface area contributed by atoms with Crippen molar-refractivity contribution in [1.29, 1.82) is 0 Å². The lowest BCUT2D eigenvalue weighted by Crippen LogP contribution is -2.52. The molecule has 0 aliphatic carbocycles. The first-order valence-corrected chi connectivity index (χ1v) is 7.52. The lowest BCUT2D eigenvalue weighted by Gasteiger charge is -2.34. The number of hydrogen-bond acceptors (Lipinski definition) is 6. The highest BCUT2D eigenvalue weighted by molar-refractivity contribution is 7.14. The van der Waals surface area contributed by atoms with Crippen molar-refractivity contribution in [2.24, 2.45) is 5.84 Å². The minimum absolute atomic E-state index is 0.0532. The maximum absolute atomic E-state index is 11.9. The summed E-state index contributed by atoms with van der Waals surface area (Å²) in [6.45, 7) is 4.25. The molecule has 21 heavy (non-hydrogen) atoms. The van der Waals surface area contributed by atoms with Gasteiger partial charge < -0.3 is 10.1 Å². The molecule has 0 spiro atoms. The molecule has 1 aliphatic rings. The molecule has 7 nitrogen and oxygen atoms in total. The molecule has 1 aromatic rings. The van der Waals surface area contributed by atoms with E-state index >= 15 is 0 Å². The van der Waals surface area contributed by atoms with E-state index in [2.05, 4.69) is 15.6 Å². The van der Waals surface area contributed by atoms with Crippen LogP contribution in [0.4, 0.5) is 0 Å². The fourth-order valence-corrected chi connectivity index (χ4v) is 3.25. The molecule has 1 atom stereocenters. The summed E-state index contributed by atoms with van der Waals surface area (Å²) >= 11 is 1.40. The first-order chi connectivity index (χ1) is 10.1. The fraction of sp³-hybridized carbons (Fsp3) is 0.538. The number of nitrogens with two attached hydrogens (primary N) is 1. The van der Waals surface area contributed by atoms with Gasteiger partial charge in [0.2, 0.25) is 5.91 Å². The monoisotopic (exact) mass is 312 g/mol. The van der Waals surface area contributed by atoms with Gasteiger partial charge in [-0.1, -0.05) is 0 Å². The summed E-state index contributed by atoms with van der Waals surface area (Å²) in [4.78, 5) is 27.2. The van der Waals surface area contributed by atoms with Crippen LogP contribution in [0.2, 0.25) is 0 Å². The second-order valence-corrected chi connectivity index (χ2v) is 6.10. The third-order valence-corrected chi connectivity index (χ3v) is 4.63. The highest BCUT2D eigenvalue weighted by Crippen LogP contribution is 2.24. The number of morpholine rings is 1.